The van der Waals surface area contributed by atoms with E-state index in [0.29, 0.717) is 18.5 Å². The van der Waals surface area contributed by atoms with Gasteiger partial charge in [-0.2, -0.15) is 0 Å². The van der Waals surface area contributed by atoms with Gasteiger partial charge < -0.3 is 5.32 Å². The molecule has 116 valence electrons. The Labute approximate surface area is 131 Å². The fraction of sp³-hybridized carbons (Fsp3) is 0.316. The van der Waals surface area contributed by atoms with Crippen LogP contribution in [0.4, 0.5) is 4.39 Å². The molecular weight excluding hydrogens is 277 g/mol. The van der Waals surface area contributed by atoms with Crippen LogP contribution in [0, 0.1) is 12.7 Å². The third kappa shape index (κ3) is 4.69. The van der Waals surface area contributed by atoms with Gasteiger partial charge in [-0.05, 0) is 48.1 Å². The van der Waals surface area contributed by atoms with E-state index in [4.69, 9.17) is 0 Å². The van der Waals surface area contributed by atoms with E-state index in [0.717, 1.165) is 24.0 Å². The summed E-state index contributed by atoms with van der Waals surface area (Å²) < 4.78 is 13.4. The summed E-state index contributed by atoms with van der Waals surface area (Å²) in [5.41, 5.74) is 3.86. The number of carbonyl (C=O) groups is 1. The van der Waals surface area contributed by atoms with Crippen molar-refractivity contribution in [1.29, 1.82) is 0 Å². The molecule has 0 fully saturated rings. The zero-order valence-electron chi connectivity index (χ0n) is 13.2. The second-order valence-corrected chi connectivity index (χ2v) is 5.53. The Balaban J connectivity index is 1.78. The van der Waals surface area contributed by atoms with Crippen molar-refractivity contribution in [3.8, 4) is 0 Å². The van der Waals surface area contributed by atoms with Gasteiger partial charge in [-0.1, -0.05) is 43.3 Å². The van der Waals surface area contributed by atoms with E-state index >= 15 is 0 Å². The van der Waals surface area contributed by atoms with Gasteiger partial charge in [0, 0.05) is 13.0 Å². The highest BCUT2D eigenvalue weighted by molar-refractivity contribution is 5.76. The molecule has 2 aromatic carbocycles. The molecule has 1 N–H and O–H groups in total. The van der Waals surface area contributed by atoms with E-state index in [1.807, 2.05) is 6.07 Å². The Hall–Kier alpha value is -2.16. The molecule has 0 aliphatic heterocycles. The molecule has 2 rings (SSSR count). The zero-order valence-corrected chi connectivity index (χ0v) is 13.2. The van der Waals surface area contributed by atoms with E-state index in [1.165, 1.54) is 11.6 Å². The van der Waals surface area contributed by atoms with E-state index < -0.39 is 0 Å². The van der Waals surface area contributed by atoms with Crippen LogP contribution in [-0.4, -0.2) is 5.91 Å². The van der Waals surface area contributed by atoms with Gasteiger partial charge in [-0.15, -0.1) is 0 Å². The van der Waals surface area contributed by atoms with Gasteiger partial charge in [0.1, 0.15) is 5.82 Å². The quantitative estimate of drug-likeness (QED) is 0.860. The SMILES string of the molecule is CCc1ccc(CCC(=O)NCc2ccc(C)c(F)c2)cc1. The van der Waals surface area contributed by atoms with Crippen LogP contribution >= 0.6 is 0 Å². The second-order valence-electron chi connectivity index (χ2n) is 5.53. The lowest BCUT2D eigenvalue weighted by molar-refractivity contribution is -0.121. The van der Waals surface area contributed by atoms with E-state index in [2.05, 4.69) is 36.5 Å². The van der Waals surface area contributed by atoms with E-state index in [9.17, 15) is 9.18 Å². The summed E-state index contributed by atoms with van der Waals surface area (Å²) in [6.07, 6.45) is 2.19. The van der Waals surface area contributed by atoms with Crippen molar-refractivity contribution in [2.45, 2.75) is 39.7 Å². The van der Waals surface area contributed by atoms with E-state index in [-0.39, 0.29) is 11.7 Å². The molecular formula is C19H22FNO. The average Bonchev–Trinajstić information content (AvgIpc) is 2.54. The van der Waals surface area contributed by atoms with Gasteiger partial charge in [-0.25, -0.2) is 4.39 Å². The number of carbonyl (C=O) groups excluding carboxylic acids is 1. The first-order valence-corrected chi connectivity index (χ1v) is 7.68. The lowest BCUT2D eigenvalue weighted by Gasteiger charge is -2.07. The molecule has 0 radical (unpaired) electrons. The Morgan fingerprint density at radius 3 is 2.32 bits per heavy atom. The fourth-order valence-corrected chi connectivity index (χ4v) is 2.23. The molecule has 0 unspecified atom stereocenters. The summed E-state index contributed by atoms with van der Waals surface area (Å²) in [6, 6.07) is 13.4. The van der Waals surface area contributed by atoms with E-state index in [1.54, 1.807) is 13.0 Å². The Kier molecular flexibility index (Phi) is 5.70. The molecule has 3 heteroatoms. The maximum Gasteiger partial charge on any atom is 0.220 e. The first-order valence-electron chi connectivity index (χ1n) is 7.68. The van der Waals surface area contributed by atoms with Crippen molar-refractivity contribution in [1.82, 2.24) is 5.32 Å². The molecule has 2 nitrogen and oxygen atoms in total. The molecule has 1 amide bonds. The van der Waals surface area contributed by atoms with Crippen molar-refractivity contribution >= 4 is 5.91 Å². The van der Waals surface area contributed by atoms with Crippen LogP contribution in [0.25, 0.3) is 0 Å². The van der Waals surface area contributed by atoms with Gasteiger partial charge in [0.25, 0.3) is 0 Å². The lowest BCUT2D eigenvalue weighted by atomic mass is 10.1. The van der Waals surface area contributed by atoms with Gasteiger partial charge >= 0.3 is 0 Å². The standard InChI is InChI=1S/C19H22FNO/c1-3-15-6-8-16(9-7-15)10-11-19(22)21-13-17-5-4-14(2)18(20)12-17/h4-9,12H,3,10-11,13H2,1-2H3,(H,21,22). The number of benzene rings is 2. The van der Waals surface area contributed by atoms with Crippen LogP contribution in [0.5, 0.6) is 0 Å². The molecule has 0 spiro atoms. The summed E-state index contributed by atoms with van der Waals surface area (Å²) in [4.78, 5) is 11.9. The Morgan fingerprint density at radius 2 is 1.68 bits per heavy atom. The van der Waals surface area contributed by atoms with Crippen LogP contribution in [0.15, 0.2) is 42.5 Å². The van der Waals surface area contributed by atoms with Crippen LogP contribution in [-0.2, 0) is 24.2 Å². The summed E-state index contributed by atoms with van der Waals surface area (Å²) in [5.74, 6) is -0.247. The third-order valence-corrected chi connectivity index (χ3v) is 3.80. The minimum atomic E-state index is -0.234. The number of hydrogen-bond donors (Lipinski definition) is 1. The molecule has 0 atom stereocenters. The summed E-state index contributed by atoms with van der Waals surface area (Å²) in [7, 11) is 0. The minimum Gasteiger partial charge on any atom is -0.352 e. The highest BCUT2D eigenvalue weighted by Gasteiger charge is 2.04. The second kappa shape index (κ2) is 7.74. The third-order valence-electron chi connectivity index (χ3n) is 3.80. The highest BCUT2D eigenvalue weighted by Crippen LogP contribution is 2.10. The van der Waals surface area contributed by atoms with Crippen LogP contribution in [0.3, 0.4) is 0 Å². The molecule has 0 aliphatic carbocycles. The maximum atomic E-state index is 13.4. The van der Waals surface area contributed by atoms with Crippen LogP contribution < -0.4 is 5.32 Å². The molecule has 0 aliphatic rings. The fourth-order valence-electron chi connectivity index (χ4n) is 2.23. The van der Waals surface area contributed by atoms with Crippen LogP contribution in [0.1, 0.15) is 35.6 Å². The topological polar surface area (TPSA) is 29.1 Å². The molecule has 0 heterocycles. The highest BCUT2D eigenvalue weighted by atomic mass is 19.1. The van der Waals surface area contributed by atoms with Crippen molar-refractivity contribution in [3.05, 3.63) is 70.5 Å². The normalized spacial score (nSPS) is 10.5. The van der Waals surface area contributed by atoms with Gasteiger partial charge in [0.2, 0.25) is 5.91 Å². The molecule has 22 heavy (non-hydrogen) atoms. The average molecular weight is 299 g/mol. The van der Waals surface area contributed by atoms with Crippen LogP contribution in [0.2, 0.25) is 0 Å². The lowest BCUT2D eigenvalue weighted by Crippen LogP contribution is -2.23. The molecule has 0 saturated carbocycles. The molecule has 0 saturated heterocycles. The number of amides is 1. The van der Waals surface area contributed by atoms with Crippen molar-refractivity contribution in [3.63, 3.8) is 0 Å². The largest absolute Gasteiger partial charge is 0.352 e. The van der Waals surface area contributed by atoms with Gasteiger partial charge in [-0.3, -0.25) is 4.79 Å². The van der Waals surface area contributed by atoms with Crippen molar-refractivity contribution in [2.75, 3.05) is 0 Å². The first-order chi connectivity index (χ1) is 10.6. The Morgan fingerprint density at radius 1 is 1.05 bits per heavy atom. The smallest absolute Gasteiger partial charge is 0.220 e. The van der Waals surface area contributed by atoms with Gasteiger partial charge in [0.15, 0.2) is 0 Å². The number of rotatable bonds is 6. The predicted molar refractivity (Wildman–Crippen MR) is 87.1 cm³/mol. The monoisotopic (exact) mass is 299 g/mol. The number of hydrogen-bond acceptors (Lipinski definition) is 1. The molecule has 0 aromatic heterocycles. The molecule has 0 bridgehead atoms. The zero-order chi connectivity index (χ0) is 15.9. The number of halogens is 1. The van der Waals surface area contributed by atoms with Crippen molar-refractivity contribution < 1.29 is 9.18 Å². The van der Waals surface area contributed by atoms with Gasteiger partial charge in [0.05, 0.1) is 0 Å². The summed E-state index contributed by atoms with van der Waals surface area (Å²) in [6.45, 7) is 4.21. The number of aryl methyl sites for hydroxylation is 3. The predicted octanol–water partition coefficient (Wildman–Crippen LogP) is 3.95. The summed E-state index contributed by atoms with van der Waals surface area (Å²) >= 11 is 0. The van der Waals surface area contributed by atoms with Crippen molar-refractivity contribution in [2.24, 2.45) is 0 Å². The number of nitrogens with one attached hydrogen (secondary N) is 1. The maximum absolute atomic E-state index is 13.4. The molecule has 2 aromatic rings. The minimum absolute atomic E-state index is 0.0134. The first kappa shape index (κ1) is 16.2. The Bertz CT molecular complexity index is 634. The summed E-state index contributed by atoms with van der Waals surface area (Å²) in [5, 5.41) is 2.83.